The molecule has 0 spiro atoms. The summed E-state index contributed by atoms with van der Waals surface area (Å²) in [5.41, 5.74) is -1.08. The van der Waals surface area contributed by atoms with Gasteiger partial charge in [-0.1, -0.05) is 0 Å². The number of H-pyrrole nitrogens is 1. The fourth-order valence-electron chi connectivity index (χ4n) is 0.885. The maximum atomic E-state index is 12.1. The highest BCUT2D eigenvalue weighted by Gasteiger charge is 2.32. The molecule has 0 aliphatic carbocycles. The first-order valence-corrected chi connectivity index (χ1v) is 3.88. The first-order chi connectivity index (χ1) is 6.45. The minimum absolute atomic E-state index is 0.124. The smallest absolute Gasteiger partial charge is 0.417 e. The number of hydrogen-bond acceptors (Lipinski definition) is 2. The molecule has 0 radical (unpaired) electrons. The molecule has 1 rings (SSSR count). The molecule has 1 N–H and O–H groups in total. The van der Waals surface area contributed by atoms with Crippen molar-refractivity contribution in [2.24, 2.45) is 0 Å². The molecule has 78 valence electrons. The second-order valence-electron chi connectivity index (χ2n) is 2.52. The van der Waals surface area contributed by atoms with E-state index >= 15 is 0 Å². The van der Waals surface area contributed by atoms with Gasteiger partial charge in [-0.2, -0.15) is 13.2 Å². The number of esters is 1. The number of hydrogen-bond donors (Lipinski definition) is 1. The van der Waals surface area contributed by atoms with E-state index in [4.69, 9.17) is 0 Å². The van der Waals surface area contributed by atoms with E-state index in [2.05, 4.69) is 9.72 Å². The van der Waals surface area contributed by atoms with Gasteiger partial charge < -0.3 is 9.72 Å². The lowest BCUT2D eigenvalue weighted by Gasteiger charge is -2.00. The summed E-state index contributed by atoms with van der Waals surface area (Å²) >= 11 is 0. The van der Waals surface area contributed by atoms with Crippen molar-refractivity contribution in [1.82, 2.24) is 4.98 Å². The van der Waals surface area contributed by atoms with Crippen LogP contribution in [0.15, 0.2) is 12.3 Å². The zero-order chi connectivity index (χ0) is 10.8. The Hall–Kier alpha value is -1.46. The van der Waals surface area contributed by atoms with E-state index in [1.165, 1.54) is 0 Å². The number of carbonyl (C=O) groups is 1. The Morgan fingerprint density at radius 3 is 2.64 bits per heavy atom. The summed E-state index contributed by atoms with van der Waals surface area (Å²) in [6.07, 6.45) is -3.71. The average molecular weight is 207 g/mol. The second-order valence-corrected chi connectivity index (χ2v) is 2.52. The van der Waals surface area contributed by atoms with E-state index in [9.17, 15) is 18.0 Å². The van der Waals surface area contributed by atoms with Gasteiger partial charge in [-0.3, -0.25) is 0 Å². The summed E-state index contributed by atoms with van der Waals surface area (Å²) in [4.78, 5) is 13.2. The highest BCUT2D eigenvalue weighted by molar-refractivity contribution is 5.87. The Morgan fingerprint density at radius 2 is 2.21 bits per heavy atom. The average Bonchev–Trinajstić information content (AvgIpc) is 2.51. The first-order valence-electron chi connectivity index (χ1n) is 3.88. The Morgan fingerprint density at radius 1 is 1.57 bits per heavy atom. The molecule has 1 heterocycles. The molecule has 6 heteroatoms. The number of carbonyl (C=O) groups excluding carboxylic acids is 1. The summed E-state index contributed by atoms with van der Waals surface area (Å²) in [6.45, 7) is 1.70. The second kappa shape index (κ2) is 3.73. The molecule has 0 atom stereocenters. The van der Waals surface area contributed by atoms with Gasteiger partial charge in [0.15, 0.2) is 0 Å². The van der Waals surface area contributed by atoms with Crippen LogP contribution in [0.2, 0.25) is 0 Å². The third-order valence-corrected chi connectivity index (χ3v) is 1.51. The van der Waals surface area contributed by atoms with Crippen LogP contribution in [0.5, 0.6) is 0 Å². The van der Waals surface area contributed by atoms with Crippen LogP contribution >= 0.6 is 0 Å². The summed E-state index contributed by atoms with van der Waals surface area (Å²) in [7, 11) is 0. The van der Waals surface area contributed by atoms with Gasteiger partial charge in [-0.15, -0.1) is 0 Å². The predicted octanol–water partition coefficient (Wildman–Crippen LogP) is 2.21. The van der Waals surface area contributed by atoms with Crippen LogP contribution < -0.4 is 0 Å². The zero-order valence-corrected chi connectivity index (χ0v) is 7.31. The van der Waals surface area contributed by atoms with E-state index in [1.807, 2.05) is 0 Å². The summed E-state index contributed by atoms with van der Waals surface area (Å²) in [5, 5.41) is 0. The minimum atomic E-state index is -4.44. The van der Waals surface area contributed by atoms with Gasteiger partial charge >= 0.3 is 12.1 Å². The molecule has 0 saturated heterocycles. The van der Waals surface area contributed by atoms with E-state index in [1.54, 1.807) is 6.92 Å². The molecule has 3 nitrogen and oxygen atoms in total. The van der Waals surface area contributed by atoms with Crippen molar-refractivity contribution in [2.75, 3.05) is 6.61 Å². The van der Waals surface area contributed by atoms with Gasteiger partial charge in [0.2, 0.25) is 0 Å². The van der Waals surface area contributed by atoms with Gasteiger partial charge in [0.25, 0.3) is 0 Å². The van der Waals surface area contributed by atoms with E-state index in [-0.39, 0.29) is 12.3 Å². The zero-order valence-electron chi connectivity index (χ0n) is 7.31. The maximum Gasteiger partial charge on any atom is 0.417 e. The minimum Gasteiger partial charge on any atom is -0.461 e. The summed E-state index contributed by atoms with van der Waals surface area (Å²) in [6, 6.07) is 0.720. The topological polar surface area (TPSA) is 42.1 Å². The molecule has 0 amide bonds. The molecular weight excluding hydrogens is 199 g/mol. The molecule has 1 aromatic heterocycles. The van der Waals surface area contributed by atoms with Crippen LogP contribution in [0.25, 0.3) is 0 Å². The first kappa shape index (κ1) is 10.6. The molecule has 0 unspecified atom stereocenters. The van der Waals surface area contributed by atoms with E-state index in [0.29, 0.717) is 0 Å². The van der Waals surface area contributed by atoms with Crippen LogP contribution in [0.1, 0.15) is 23.0 Å². The fraction of sp³-hybridized carbons (Fsp3) is 0.375. The van der Waals surface area contributed by atoms with E-state index < -0.39 is 17.7 Å². The van der Waals surface area contributed by atoms with Crippen molar-refractivity contribution >= 4 is 5.97 Å². The third kappa shape index (κ3) is 2.27. The Balaban J connectivity index is 2.83. The number of halogens is 3. The number of nitrogens with one attached hydrogen (secondary N) is 1. The lowest BCUT2D eigenvalue weighted by atomic mass is 10.3. The fourth-order valence-corrected chi connectivity index (χ4v) is 0.885. The van der Waals surface area contributed by atoms with Crippen molar-refractivity contribution in [2.45, 2.75) is 13.1 Å². The SMILES string of the molecule is CCOC(=O)c1cc(C(F)(F)F)c[nH]1. The number of rotatable bonds is 2. The molecule has 0 aliphatic heterocycles. The summed E-state index contributed by atoms with van der Waals surface area (Å²) in [5.74, 6) is -0.789. The Bertz CT molecular complexity index is 330. The van der Waals surface area contributed by atoms with Gasteiger partial charge in [-0.25, -0.2) is 4.79 Å². The van der Waals surface area contributed by atoms with E-state index in [0.717, 1.165) is 12.3 Å². The molecule has 0 bridgehead atoms. The molecule has 0 aliphatic rings. The van der Waals surface area contributed by atoms with Crippen molar-refractivity contribution < 1.29 is 22.7 Å². The third-order valence-electron chi connectivity index (χ3n) is 1.51. The number of aromatic nitrogens is 1. The van der Waals surface area contributed by atoms with Crippen LogP contribution in [0.4, 0.5) is 13.2 Å². The number of alkyl halides is 3. The highest BCUT2D eigenvalue weighted by Crippen LogP contribution is 2.29. The quantitative estimate of drug-likeness (QED) is 0.755. The standard InChI is InChI=1S/C8H8F3NO2/c1-2-14-7(13)6-3-5(4-12-6)8(9,10)11/h3-4,12H,2H2,1H3. The van der Waals surface area contributed by atoms with Crippen LogP contribution in [0.3, 0.4) is 0 Å². The van der Waals surface area contributed by atoms with Gasteiger partial charge in [0.05, 0.1) is 12.2 Å². The lowest BCUT2D eigenvalue weighted by molar-refractivity contribution is -0.137. The largest absolute Gasteiger partial charge is 0.461 e. The predicted molar refractivity (Wildman–Crippen MR) is 41.8 cm³/mol. The summed E-state index contributed by atoms with van der Waals surface area (Å²) < 4.78 is 40.8. The van der Waals surface area contributed by atoms with Crippen molar-refractivity contribution in [3.8, 4) is 0 Å². The van der Waals surface area contributed by atoms with Crippen molar-refractivity contribution in [1.29, 1.82) is 0 Å². The molecular formula is C8H8F3NO2. The Kier molecular flexibility index (Phi) is 2.83. The highest BCUT2D eigenvalue weighted by atomic mass is 19.4. The van der Waals surface area contributed by atoms with Gasteiger partial charge in [0, 0.05) is 6.20 Å². The molecule has 1 aromatic rings. The monoisotopic (exact) mass is 207 g/mol. The van der Waals surface area contributed by atoms with Crippen molar-refractivity contribution in [3.05, 3.63) is 23.5 Å². The van der Waals surface area contributed by atoms with Gasteiger partial charge in [0.1, 0.15) is 5.69 Å². The van der Waals surface area contributed by atoms with Crippen LogP contribution in [-0.2, 0) is 10.9 Å². The van der Waals surface area contributed by atoms with Crippen LogP contribution in [0, 0.1) is 0 Å². The molecule has 0 fully saturated rings. The number of ether oxygens (including phenoxy) is 1. The molecule has 14 heavy (non-hydrogen) atoms. The van der Waals surface area contributed by atoms with Gasteiger partial charge in [-0.05, 0) is 13.0 Å². The van der Waals surface area contributed by atoms with Crippen molar-refractivity contribution in [3.63, 3.8) is 0 Å². The Labute approximate surface area is 77.9 Å². The molecule has 0 saturated carbocycles. The lowest BCUT2D eigenvalue weighted by Crippen LogP contribution is -2.05. The molecule has 0 aromatic carbocycles. The number of aromatic amines is 1. The maximum absolute atomic E-state index is 12.1. The normalized spacial score (nSPS) is 11.4. The van der Waals surface area contributed by atoms with Crippen LogP contribution in [-0.4, -0.2) is 17.6 Å².